The van der Waals surface area contributed by atoms with Crippen molar-refractivity contribution in [2.24, 2.45) is 5.73 Å². The summed E-state index contributed by atoms with van der Waals surface area (Å²) in [4.78, 5) is 0. The highest BCUT2D eigenvalue weighted by molar-refractivity contribution is 6.32. The number of hydrogen-bond donors (Lipinski definition) is 1. The Morgan fingerprint density at radius 1 is 1.43 bits per heavy atom. The molecule has 0 amide bonds. The maximum absolute atomic E-state index is 14.4. The summed E-state index contributed by atoms with van der Waals surface area (Å²) in [6.07, 6.45) is 0.619. The molecular formula is C16H15ClFNO2. The smallest absolute Gasteiger partial charge is 0.172 e. The molecule has 5 heteroatoms. The van der Waals surface area contributed by atoms with E-state index < -0.39 is 5.82 Å². The Morgan fingerprint density at radius 3 is 2.95 bits per heavy atom. The minimum absolute atomic E-state index is 0.0668. The van der Waals surface area contributed by atoms with Crippen LogP contribution < -0.4 is 15.2 Å². The van der Waals surface area contributed by atoms with Crippen LogP contribution >= 0.6 is 11.6 Å². The maximum Gasteiger partial charge on any atom is 0.172 e. The lowest BCUT2D eigenvalue weighted by Gasteiger charge is -2.10. The Balaban J connectivity index is 2.08. The molecule has 0 bridgehead atoms. The van der Waals surface area contributed by atoms with E-state index in [4.69, 9.17) is 26.8 Å². The van der Waals surface area contributed by atoms with E-state index in [0.717, 1.165) is 5.56 Å². The molecule has 1 heterocycles. The zero-order valence-electron chi connectivity index (χ0n) is 11.5. The van der Waals surface area contributed by atoms with Crippen LogP contribution in [0.4, 0.5) is 4.39 Å². The highest BCUT2D eigenvalue weighted by Gasteiger charge is 2.25. The summed E-state index contributed by atoms with van der Waals surface area (Å²) in [5.41, 5.74) is 7.74. The quantitative estimate of drug-likeness (QED) is 0.945. The van der Waals surface area contributed by atoms with Crippen molar-refractivity contribution in [1.82, 2.24) is 0 Å². The van der Waals surface area contributed by atoms with Gasteiger partial charge in [-0.1, -0.05) is 23.7 Å². The molecule has 2 N–H and O–H groups in total. The number of benzene rings is 2. The second-order valence-corrected chi connectivity index (χ2v) is 5.36. The largest absolute Gasteiger partial charge is 0.494 e. The summed E-state index contributed by atoms with van der Waals surface area (Å²) in [5.74, 6) is 0.463. The standard InChI is InChI=1S/C16H15ClFNO2/c1-20-14-4-2-3-12(15(14)18)9-5-10-6-11(8-19)21-16(10)13(17)7-9/h2-5,7,11H,6,8,19H2,1H3. The number of fused-ring (bicyclic) bond motifs is 1. The summed E-state index contributed by atoms with van der Waals surface area (Å²) in [7, 11) is 1.44. The van der Waals surface area contributed by atoms with Crippen LogP contribution in [0.1, 0.15) is 5.56 Å². The van der Waals surface area contributed by atoms with E-state index in [2.05, 4.69) is 0 Å². The molecule has 0 fully saturated rings. The maximum atomic E-state index is 14.4. The molecule has 1 aliphatic rings. The molecule has 3 rings (SSSR count). The van der Waals surface area contributed by atoms with Gasteiger partial charge in [-0.3, -0.25) is 0 Å². The van der Waals surface area contributed by atoms with Crippen molar-refractivity contribution in [3.8, 4) is 22.6 Å². The first-order chi connectivity index (χ1) is 10.1. The first kappa shape index (κ1) is 14.2. The molecule has 1 atom stereocenters. The van der Waals surface area contributed by atoms with E-state index >= 15 is 0 Å². The molecule has 0 radical (unpaired) electrons. The average molecular weight is 308 g/mol. The minimum atomic E-state index is -0.398. The predicted molar refractivity (Wildman–Crippen MR) is 80.6 cm³/mol. The van der Waals surface area contributed by atoms with Crippen LogP contribution in [0.3, 0.4) is 0 Å². The zero-order chi connectivity index (χ0) is 15.0. The molecule has 0 aliphatic carbocycles. The van der Waals surface area contributed by atoms with Gasteiger partial charge >= 0.3 is 0 Å². The molecular weight excluding hydrogens is 293 g/mol. The normalized spacial score (nSPS) is 16.5. The van der Waals surface area contributed by atoms with Crippen LogP contribution in [0.15, 0.2) is 30.3 Å². The number of methoxy groups -OCH3 is 1. The van der Waals surface area contributed by atoms with Gasteiger partial charge in [-0.15, -0.1) is 0 Å². The monoisotopic (exact) mass is 307 g/mol. The second kappa shape index (κ2) is 5.54. The minimum Gasteiger partial charge on any atom is -0.494 e. The van der Waals surface area contributed by atoms with E-state index in [9.17, 15) is 4.39 Å². The number of nitrogens with two attached hydrogens (primary N) is 1. The van der Waals surface area contributed by atoms with Gasteiger partial charge in [0.2, 0.25) is 0 Å². The third-order valence-corrected chi connectivity index (χ3v) is 3.89. The van der Waals surface area contributed by atoms with Crippen molar-refractivity contribution in [3.05, 3.63) is 46.7 Å². The topological polar surface area (TPSA) is 44.5 Å². The third-order valence-electron chi connectivity index (χ3n) is 3.61. The van der Waals surface area contributed by atoms with Crippen molar-refractivity contribution in [3.63, 3.8) is 0 Å². The Labute approximate surface area is 127 Å². The lowest BCUT2D eigenvalue weighted by molar-refractivity contribution is 0.241. The summed E-state index contributed by atoms with van der Waals surface area (Å²) < 4.78 is 25.1. The number of hydrogen-bond acceptors (Lipinski definition) is 3. The van der Waals surface area contributed by atoms with Gasteiger partial charge in [-0.25, -0.2) is 4.39 Å². The second-order valence-electron chi connectivity index (χ2n) is 4.95. The molecule has 1 aliphatic heterocycles. The van der Waals surface area contributed by atoms with Gasteiger partial charge in [0.05, 0.1) is 12.1 Å². The van der Waals surface area contributed by atoms with Crippen LogP contribution in [0, 0.1) is 5.82 Å². The van der Waals surface area contributed by atoms with Crippen molar-refractivity contribution < 1.29 is 13.9 Å². The number of rotatable bonds is 3. The molecule has 0 spiro atoms. The Hall–Kier alpha value is -1.78. The lowest BCUT2D eigenvalue weighted by Crippen LogP contribution is -2.24. The van der Waals surface area contributed by atoms with Gasteiger partial charge in [0.25, 0.3) is 0 Å². The number of halogens is 2. The van der Waals surface area contributed by atoms with Gasteiger partial charge in [0, 0.05) is 24.1 Å². The zero-order valence-corrected chi connectivity index (χ0v) is 12.3. The van der Waals surface area contributed by atoms with Crippen LogP contribution in [0.25, 0.3) is 11.1 Å². The highest BCUT2D eigenvalue weighted by atomic mass is 35.5. The summed E-state index contributed by atoms with van der Waals surface area (Å²) in [6.45, 7) is 0.424. The molecule has 110 valence electrons. The Kier molecular flexibility index (Phi) is 3.74. The van der Waals surface area contributed by atoms with Gasteiger partial charge < -0.3 is 15.2 Å². The van der Waals surface area contributed by atoms with Gasteiger partial charge in [0.1, 0.15) is 11.9 Å². The van der Waals surface area contributed by atoms with Crippen molar-refractivity contribution in [2.45, 2.75) is 12.5 Å². The van der Waals surface area contributed by atoms with E-state index in [1.165, 1.54) is 7.11 Å². The van der Waals surface area contributed by atoms with E-state index in [-0.39, 0.29) is 11.9 Å². The summed E-state index contributed by atoms with van der Waals surface area (Å²) in [5, 5.41) is 0.473. The van der Waals surface area contributed by atoms with Crippen LogP contribution in [-0.2, 0) is 6.42 Å². The van der Waals surface area contributed by atoms with Crippen molar-refractivity contribution >= 4 is 11.6 Å². The Morgan fingerprint density at radius 2 is 2.24 bits per heavy atom. The highest BCUT2D eigenvalue weighted by Crippen LogP contribution is 2.40. The van der Waals surface area contributed by atoms with Gasteiger partial charge in [-0.2, -0.15) is 0 Å². The van der Waals surface area contributed by atoms with E-state index in [1.54, 1.807) is 24.3 Å². The van der Waals surface area contributed by atoms with Crippen LogP contribution in [0.5, 0.6) is 11.5 Å². The van der Waals surface area contributed by atoms with Gasteiger partial charge in [-0.05, 0) is 23.8 Å². The molecule has 2 aromatic rings. The molecule has 21 heavy (non-hydrogen) atoms. The van der Waals surface area contributed by atoms with E-state index in [0.29, 0.717) is 34.9 Å². The fraction of sp³-hybridized carbons (Fsp3) is 0.250. The molecule has 0 saturated heterocycles. The molecule has 0 aromatic heterocycles. The fourth-order valence-electron chi connectivity index (χ4n) is 2.57. The van der Waals surface area contributed by atoms with E-state index in [1.807, 2.05) is 6.07 Å². The molecule has 0 saturated carbocycles. The number of ether oxygens (including phenoxy) is 2. The van der Waals surface area contributed by atoms with Crippen LogP contribution in [0.2, 0.25) is 5.02 Å². The molecule has 3 nitrogen and oxygen atoms in total. The fourth-order valence-corrected chi connectivity index (χ4v) is 2.85. The van der Waals surface area contributed by atoms with Crippen LogP contribution in [-0.4, -0.2) is 19.8 Å². The molecule has 2 aromatic carbocycles. The third kappa shape index (κ3) is 2.45. The average Bonchev–Trinajstić information content (AvgIpc) is 2.91. The Bertz CT molecular complexity index is 690. The SMILES string of the molecule is COc1cccc(-c2cc(Cl)c3c(c2)CC(CN)O3)c1F. The summed E-state index contributed by atoms with van der Waals surface area (Å²) in [6, 6.07) is 8.64. The van der Waals surface area contributed by atoms with Crippen molar-refractivity contribution in [2.75, 3.05) is 13.7 Å². The van der Waals surface area contributed by atoms with Crippen molar-refractivity contribution in [1.29, 1.82) is 0 Å². The summed E-state index contributed by atoms with van der Waals surface area (Å²) >= 11 is 6.25. The lowest BCUT2D eigenvalue weighted by atomic mass is 10.00. The molecule has 1 unspecified atom stereocenters. The van der Waals surface area contributed by atoms with Gasteiger partial charge in [0.15, 0.2) is 11.6 Å². The predicted octanol–water partition coefficient (Wildman–Crippen LogP) is 3.42. The first-order valence-corrected chi connectivity index (χ1v) is 7.04. The first-order valence-electron chi connectivity index (χ1n) is 6.66.